The number of fused-ring (bicyclic) bond motifs is 1. The number of sulfonamides is 1. The highest BCUT2D eigenvalue weighted by atomic mass is 32.2. The Labute approximate surface area is 118 Å². The first-order valence-electron chi connectivity index (χ1n) is 6.86. The largest absolute Gasteiger partial charge is 0.327 e. The van der Waals surface area contributed by atoms with Crippen LogP contribution in [0.15, 0.2) is 23.4 Å². The van der Waals surface area contributed by atoms with E-state index in [-0.39, 0.29) is 12.0 Å². The number of hydrogen-bond donors (Lipinski definition) is 1. The van der Waals surface area contributed by atoms with Crippen molar-refractivity contribution < 1.29 is 12.8 Å². The molecule has 0 radical (unpaired) electrons. The van der Waals surface area contributed by atoms with Crippen molar-refractivity contribution in [1.29, 1.82) is 0 Å². The lowest BCUT2D eigenvalue weighted by molar-refractivity contribution is 0.260. The second kappa shape index (κ2) is 5.05. The number of aromatic nitrogens is 1. The Morgan fingerprint density at radius 1 is 1.35 bits per heavy atom. The minimum atomic E-state index is -3.86. The van der Waals surface area contributed by atoms with Gasteiger partial charge in [-0.15, -0.1) is 0 Å². The molecule has 1 saturated heterocycles. The third kappa shape index (κ3) is 2.23. The highest BCUT2D eigenvalue weighted by Gasteiger charge is 2.44. The van der Waals surface area contributed by atoms with E-state index in [4.69, 9.17) is 5.73 Å². The first-order valence-corrected chi connectivity index (χ1v) is 8.30. The molecule has 3 unspecified atom stereocenters. The van der Waals surface area contributed by atoms with Gasteiger partial charge in [0.15, 0.2) is 5.82 Å². The summed E-state index contributed by atoms with van der Waals surface area (Å²) in [6, 6.07) is 2.55. The van der Waals surface area contributed by atoms with E-state index < -0.39 is 20.9 Å². The highest BCUT2D eigenvalue weighted by molar-refractivity contribution is 7.89. The Morgan fingerprint density at radius 3 is 2.85 bits per heavy atom. The minimum Gasteiger partial charge on any atom is -0.327 e. The predicted molar refractivity (Wildman–Crippen MR) is 71.8 cm³/mol. The van der Waals surface area contributed by atoms with E-state index >= 15 is 0 Å². The van der Waals surface area contributed by atoms with Crippen molar-refractivity contribution in [3.63, 3.8) is 0 Å². The van der Waals surface area contributed by atoms with Crippen LogP contribution in [0.5, 0.6) is 0 Å². The summed E-state index contributed by atoms with van der Waals surface area (Å²) in [6.45, 7) is 0.806. The summed E-state index contributed by atoms with van der Waals surface area (Å²) in [5, 5.41) is -0.479. The van der Waals surface area contributed by atoms with Crippen molar-refractivity contribution in [3.05, 3.63) is 24.1 Å². The molecule has 1 saturated carbocycles. The van der Waals surface area contributed by atoms with E-state index in [9.17, 15) is 12.8 Å². The van der Waals surface area contributed by atoms with E-state index in [1.807, 2.05) is 0 Å². The van der Waals surface area contributed by atoms with Crippen LogP contribution in [0.4, 0.5) is 4.39 Å². The van der Waals surface area contributed by atoms with Gasteiger partial charge in [-0.3, -0.25) is 0 Å². The van der Waals surface area contributed by atoms with Crippen LogP contribution in [0.3, 0.4) is 0 Å². The van der Waals surface area contributed by atoms with Crippen LogP contribution < -0.4 is 5.73 Å². The van der Waals surface area contributed by atoms with Crippen LogP contribution in [0.25, 0.3) is 0 Å². The van der Waals surface area contributed by atoms with Gasteiger partial charge in [0.1, 0.15) is 0 Å². The summed E-state index contributed by atoms with van der Waals surface area (Å²) >= 11 is 0. The molecule has 0 bridgehead atoms. The molecule has 2 fully saturated rings. The van der Waals surface area contributed by atoms with Gasteiger partial charge in [0.05, 0.1) is 0 Å². The standard InChI is InChI=1S/C13H18FN3O2S/c14-11-4-2-6-16-13(11)20(18,19)17-7-9-3-1-5-12(15)10(9)8-17/h2,4,6,9-10,12H,1,3,5,7-8,15H2. The summed E-state index contributed by atoms with van der Waals surface area (Å²) in [5.41, 5.74) is 6.08. The average molecular weight is 299 g/mol. The zero-order chi connectivity index (χ0) is 14.3. The molecule has 20 heavy (non-hydrogen) atoms. The molecule has 3 rings (SSSR count). The van der Waals surface area contributed by atoms with Crippen molar-refractivity contribution in [2.24, 2.45) is 17.6 Å². The summed E-state index contributed by atoms with van der Waals surface area (Å²) in [4.78, 5) is 3.70. The van der Waals surface area contributed by atoms with Crippen LogP contribution in [-0.2, 0) is 10.0 Å². The molecule has 0 spiro atoms. The molecule has 1 aromatic heterocycles. The van der Waals surface area contributed by atoms with Crippen molar-refractivity contribution in [2.75, 3.05) is 13.1 Å². The van der Waals surface area contributed by atoms with Gasteiger partial charge in [0.25, 0.3) is 10.0 Å². The molecular weight excluding hydrogens is 281 g/mol. The maximum Gasteiger partial charge on any atom is 0.263 e. The first-order chi connectivity index (χ1) is 9.50. The molecule has 1 aliphatic heterocycles. The SMILES string of the molecule is NC1CCCC2CN(S(=O)(=O)c3ncccc3F)CC12. The highest BCUT2D eigenvalue weighted by Crippen LogP contribution is 2.37. The van der Waals surface area contributed by atoms with Gasteiger partial charge in [0, 0.05) is 25.3 Å². The van der Waals surface area contributed by atoms with Gasteiger partial charge in [0.2, 0.25) is 5.03 Å². The maximum absolute atomic E-state index is 13.7. The van der Waals surface area contributed by atoms with Crippen LogP contribution in [0.1, 0.15) is 19.3 Å². The number of nitrogens with two attached hydrogens (primary N) is 1. The van der Waals surface area contributed by atoms with E-state index in [0.717, 1.165) is 25.3 Å². The molecule has 0 amide bonds. The van der Waals surface area contributed by atoms with E-state index in [1.54, 1.807) is 0 Å². The van der Waals surface area contributed by atoms with E-state index in [2.05, 4.69) is 4.98 Å². The average Bonchev–Trinajstić information content (AvgIpc) is 2.85. The summed E-state index contributed by atoms with van der Waals surface area (Å²) in [6.07, 6.45) is 4.26. The summed E-state index contributed by atoms with van der Waals surface area (Å²) in [7, 11) is -3.86. The number of halogens is 1. The summed E-state index contributed by atoms with van der Waals surface area (Å²) < 4.78 is 40.0. The van der Waals surface area contributed by atoms with Crippen LogP contribution in [0, 0.1) is 17.7 Å². The molecule has 2 aliphatic rings. The minimum absolute atomic E-state index is 0.0440. The monoisotopic (exact) mass is 299 g/mol. The molecule has 3 atom stereocenters. The van der Waals surface area contributed by atoms with Gasteiger partial charge >= 0.3 is 0 Å². The third-order valence-corrected chi connectivity index (χ3v) is 6.20. The fourth-order valence-electron chi connectivity index (χ4n) is 3.36. The van der Waals surface area contributed by atoms with Crippen LogP contribution >= 0.6 is 0 Å². The Morgan fingerprint density at radius 2 is 2.15 bits per heavy atom. The second-order valence-electron chi connectivity index (χ2n) is 5.63. The molecule has 7 heteroatoms. The van der Waals surface area contributed by atoms with Gasteiger partial charge < -0.3 is 5.73 Å². The van der Waals surface area contributed by atoms with Crippen molar-refractivity contribution in [2.45, 2.75) is 30.3 Å². The Hall–Kier alpha value is -1.05. The van der Waals surface area contributed by atoms with Crippen LogP contribution in [-0.4, -0.2) is 36.8 Å². The molecule has 0 aromatic carbocycles. The molecule has 1 aromatic rings. The van der Waals surface area contributed by atoms with Crippen molar-refractivity contribution in [1.82, 2.24) is 9.29 Å². The lowest BCUT2D eigenvalue weighted by Crippen LogP contribution is -2.38. The van der Waals surface area contributed by atoms with Gasteiger partial charge in [-0.25, -0.2) is 17.8 Å². The normalized spacial score (nSPS) is 31.2. The lowest BCUT2D eigenvalue weighted by atomic mass is 9.78. The third-order valence-electron chi connectivity index (χ3n) is 4.43. The Balaban J connectivity index is 1.89. The lowest BCUT2D eigenvalue weighted by Gasteiger charge is -2.29. The Bertz CT molecular complexity index is 607. The molecule has 110 valence electrons. The topological polar surface area (TPSA) is 76.3 Å². The quantitative estimate of drug-likeness (QED) is 0.883. The molecular formula is C13H18FN3O2S. The number of rotatable bonds is 2. The fourth-order valence-corrected chi connectivity index (χ4v) is 4.86. The fraction of sp³-hybridized carbons (Fsp3) is 0.615. The molecule has 5 nitrogen and oxygen atoms in total. The number of nitrogens with zero attached hydrogens (tertiary/aromatic N) is 2. The first kappa shape index (κ1) is 13.9. The van der Waals surface area contributed by atoms with Gasteiger partial charge in [-0.05, 0) is 36.8 Å². The maximum atomic E-state index is 13.7. The predicted octanol–water partition coefficient (Wildman–Crippen LogP) is 0.969. The van der Waals surface area contributed by atoms with E-state index in [1.165, 1.54) is 16.6 Å². The summed E-state index contributed by atoms with van der Waals surface area (Å²) in [5.74, 6) is -0.322. The van der Waals surface area contributed by atoms with Gasteiger partial charge in [-0.2, -0.15) is 4.31 Å². The van der Waals surface area contributed by atoms with E-state index in [0.29, 0.717) is 19.0 Å². The molecule has 2 N–H and O–H groups in total. The van der Waals surface area contributed by atoms with Crippen molar-refractivity contribution in [3.8, 4) is 0 Å². The molecule has 2 heterocycles. The Kier molecular flexibility index (Phi) is 3.51. The number of hydrogen-bond acceptors (Lipinski definition) is 4. The number of pyridine rings is 1. The molecule has 1 aliphatic carbocycles. The zero-order valence-electron chi connectivity index (χ0n) is 11.1. The zero-order valence-corrected chi connectivity index (χ0v) is 11.9. The van der Waals surface area contributed by atoms with Crippen molar-refractivity contribution >= 4 is 10.0 Å². The van der Waals surface area contributed by atoms with Gasteiger partial charge in [-0.1, -0.05) is 6.42 Å². The smallest absolute Gasteiger partial charge is 0.263 e. The van der Waals surface area contributed by atoms with Crippen LogP contribution in [0.2, 0.25) is 0 Å². The second-order valence-corrected chi connectivity index (χ2v) is 7.48.